The van der Waals surface area contributed by atoms with Gasteiger partial charge in [-0.1, -0.05) is 17.4 Å². The van der Waals surface area contributed by atoms with E-state index in [0.29, 0.717) is 33.5 Å². The lowest BCUT2D eigenvalue weighted by Gasteiger charge is -2.20. The zero-order valence-corrected chi connectivity index (χ0v) is 26.7. The molecule has 0 bridgehead atoms. The standard InChI is InChI=1S/C31H30N6O6S2/c1-21-7-12-25-28(17-21)44-31(35-25)37(34-20-22-18-26(41-2)29(43-4)27(19-22)42-3)30(38)23-8-10-24(11-9-23)45(39,40)36(15-5-13-32)16-6-14-33/h7-12,17-20H,5-6,15-16H2,1-4H3/b34-20+. The van der Waals surface area contributed by atoms with Crippen LogP contribution in [0.1, 0.15) is 34.3 Å². The van der Waals surface area contributed by atoms with Crippen LogP contribution in [0.4, 0.5) is 5.13 Å². The minimum absolute atomic E-state index is 0.0260. The van der Waals surface area contributed by atoms with E-state index < -0.39 is 15.9 Å². The summed E-state index contributed by atoms with van der Waals surface area (Å²) in [4.78, 5) is 18.5. The van der Waals surface area contributed by atoms with Crippen LogP contribution in [0.25, 0.3) is 10.2 Å². The van der Waals surface area contributed by atoms with E-state index in [2.05, 4.69) is 10.1 Å². The fourth-order valence-corrected chi connectivity index (χ4v) is 6.80. The molecule has 232 valence electrons. The summed E-state index contributed by atoms with van der Waals surface area (Å²) in [5, 5.41) is 23.9. The SMILES string of the molecule is COc1cc(/C=N/N(C(=O)c2ccc(S(=O)(=O)N(CCC#N)CCC#N)cc2)c2nc3ccc(C)cc3s2)cc(OC)c1OC. The Labute approximate surface area is 265 Å². The fourth-order valence-electron chi connectivity index (χ4n) is 4.34. The van der Waals surface area contributed by atoms with Gasteiger partial charge in [-0.05, 0) is 61.0 Å². The summed E-state index contributed by atoms with van der Waals surface area (Å²) >= 11 is 1.28. The molecule has 1 heterocycles. The molecule has 3 aromatic carbocycles. The van der Waals surface area contributed by atoms with Crippen molar-refractivity contribution in [2.75, 3.05) is 39.4 Å². The van der Waals surface area contributed by atoms with E-state index in [9.17, 15) is 13.2 Å². The average molecular weight is 647 g/mol. The summed E-state index contributed by atoms with van der Waals surface area (Å²) in [7, 11) is 0.468. The molecule has 14 heteroatoms. The first-order chi connectivity index (χ1) is 21.7. The quantitative estimate of drug-likeness (QED) is 0.142. The van der Waals surface area contributed by atoms with Crippen molar-refractivity contribution in [3.05, 3.63) is 71.3 Å². The van der Waals surface area contributed by atoms with Gasteiger partial charge in [0.25, 0.3) is 5.91 Å². The molecule has 0 aliphatic rings. The summed E-state index contributed by atoms with van der Waals surface area (Å²) in [6.45, 7) is 1.85. The Morgan fingerprint density at radius 1 is 0.956 bits per heavy atom. The number of carbonyl (C=O) groups is 1. The van der Waals surface area contributed by atoms with Crippen molar-refractivity contribution in [1.82, 2.24) is 9.29 Å². The number of carbonyl (C=O) groups excluding carboxylic acids is 1. The van der Waals surface area contributed by atoms with Gasteiger partial charge in [0, 0.05) is 37.1 Å². The molecule has 0 saturated heterocycles. The zero-order valence-electron chi connectivity index (χ0n) is 25.1. The fraction of sp³-hybridized carbons (Fsp3) is 0.258. The van der Waals surface area contributed by atoms with Gasteiger partial charge in [-0.3, -0.25) is 4.79 Å². The van der Waals surface area contributed by atoms with Crippen molar-refractivity contribution in [2.45, 2.75) is 24.7 Å². The van der Waals surface area contributed by atoms with Crippen LogP contribution in [0.5, 0.6) is 17.2 Å². The Morgan fingerprint density at radius 3 is 2.13 bits per heavy atom. The van der Waals surface area contributed by atoms with E-state index in [1.54, 1.807) is 12.1 Å². The maximum absolute atomic E-state index is 13.9. The van der Waals surface area contributed by atoms with E-state index in [4.69, 9.17) is 24.7 Å². The predicted octanol–water partition coefficient (Wildman–Crippen LogP) is 5.13. The number of aryl methyl sites for hydroxylation is 1. The Kier molecular flexibility index (Phi) is 10.7. The van der Waals surface area contributed by atoms with Gasteiger partial charge >= 0.3 is 0 Å². The molecule has 1 aromatic heterocycles. The molecule has 0 spiro atoms. The number of aromatic nitrogens is 1. The molecule has 0 aliphatic heterocycles. The highest BCUT2D eigenvalue weighted by molar-refractivity contribution is 7.89. The van der Waals surface area contributed by atoms with E-state index >= 15 is 0 Å². The summed E-state index contributed by atoms with van der Waals surface area (Å²) in [6.07, 6.45) is 1.41. The zero-order chi connectivity index (χ0) is 32.6. The monoisotopic (exact) mass is 646 g/mol. The maximum Gasteiger partial charge on any atom is 0.280 e. The minimum atomic E-state index is -4.01. The number of hydrogen-bond donors (Lipinski definition) is 0. The normalized spacial score (nSPS) is 11.4. The van der Waals surface area contributed by atoms with Gasteiger partial charge in [0.15, 0.2) is 11.5 Å². The lowest BCUT2D eigenvalue weighted by molar-refractivity contribution is 0.0987. The Balaban J connectivity index is 1.73. The number of hydrazone groups is 1. The molecule has 45 heavy (non-hydrogen) atoms. The number of amides is 1. The smallest absolute Gasteiger partial charge is 0.280 e. The first kappa shape index (κ1) is 32.9. The number of fused-ring (bicyclic) bond motifs is 1. The van der Waals surface area contributed by atoms with Crippen molar-refractivity contribution in [3.8, 4) is 29.4 Å². The van der Waals surface area contributed by atoms with Gasteiger partial charge in [0.2, 0.25) is 20.9 Å². The molecule has 0 aliphatic carbocycles. The van der Waals surface area contributed by atoms with Crippen LogP contribution in [-0.2, 0) is 10.0 Å². The third kappa shape index (κ3) is 7.38. The summed E-state index contributed by atoms with van der Waals surface area (Å²) < 4.78 is 44.8. The first-order valence-corrected chi connectivity index (χ1v) is 15.8. The summed E-state index contributed by atoms with van der Waals surface area (Å²) in [6, 6.07) is 18.4. The number of sulfonamides is 1. The van der Waals surface area contributed by atoms with Gasteiger partial charge in [-0.25, -0.2) is 13.4 Å². The van der Waals surface area contributed by atoms with Crippen LogP contribution < -0.4 is 19.2 Å². The molecule has 12 nitrogen and oxygen atoms in total. The van der Waals surface area contributed by atoms with Crippen molar-refractivity contribution in [3.63, 3.8) is 0 Å². The van der Waals surface area contributed by atoms with Crippen LogP contribution in [-0.4, -0.2) is 64.2 Å². The van der Waals surface area contributed by atoms with Crippen molar-refractivity contribution < 1.29 is 27.4 Å². The molecular weight excluding hydrogens is 617 g/mol. The highest BCUT2D eigenvalue weighted by Gasteiger charge is 2.26. The van der Waals surface area contributed by atoms with E-state index in [-0.39, 0.29) is 36.4 Å². The lowest BCUT2D eigenvalue weighted by atomic mass is 10.2. The third-order valence-electron chi connectivity index (χ3n) is 6.60. The van der Waals surface area contributed by atoms with Crippen molar-refractivity contribution >= 4 is 48.8 Å². The van der Waals surface area contributed by atoms with Crippen LogP contribution in [0.15, 0.2) is 64.6 Å². The topological polar surface area (TPSA) is 158 Å². The van der Waals surface area contributed by atoms with Crippen LogP contribution in [0.3, 0.4) is 0 Å². The number of nitriles is 2. The largest absolute Gasteiger partial charge is 0.493 e. The van der Waals surface area contributed by atoms with Gasteiger partial charge in [-0.2, -0.15) is 24.9 Å². The Morgan fingerprint density at radius 2 is 1.58 bits per heavy atom. The predicted molar refractivity (Wildman–Crippen MR) is 171 cm³/mol. The molecule has 0 fully saturated rings. The Bertz CT molecular complexity index is 1870. The van der Waals surface area contributed by atoms with E-state index in [1.807, 2.05) is 37.3 Å². The second-order valence-electron chi connectivity index (χ2n) is 9.53. The van der Waals surface area contributed by atoms with Crippen LogP contribution in [0.2, 0.25) is 0 Å². The highest BCUT2D eigenvalue weighted by Crippen LogP contribution is 2.38. The second-order valence-corrected chi connectivity index (χ2v) is 12.5. The minimum Gasteiger partial charge on any atom is -0.493 e. The molecule has 0 radical (unpaired) electrons. The molecule has 4 aromatic rings. The van der Waals surface area contributed by atoms with Crippen molar-refractivity contribution in [2.24, 2.45) is 5.10 Å². The molecule has 4 rings (SSSR count). The average Bonchev–Trinajstić information content (AvgIpc) is 3.46. The van der Waals surface area contributed by atoms with Crippen LogP contribution >= 0.6 is 11.3 Å². The highest BCUT2D eigenvalue weighted by atomic mass is 32.2. The number of thiazole rings is 1. The van der Waals surface area contributed by atoms with Gasteiger partial charge in [0.05, 0.1) is 54.8 Å². The van der Waals surface area contributed by atoms with Gasteiger partial charge < -0.3 is 14.2 Å². The van der Waals surface area contributed by atoms with E-state index in [1.165, 1.54) is 63.1 Å². The van der Waals surface area contributed by atoms with Crippen LogP contribution in [0, 0.1) is 29.6 Å². The molecule has 0 unspecified atom stereocenters. The Hall–Kier alpha value is -5.02. The molecule has 1 amide bonds. The molecular formula is C31H30N6O6S2. The summed E-state index contributed by atoms with van der Waals surface area (Å²) in [5.74, 6) is 0.661. The number of methoxy groups -OCH3 is 3. The maximum atomic E-state index is 13.9. The number of ether oxygens (including phenoxy) is 3. The van der Waals surface area contributed by atoms with Gasteiger partial charge in [0.1, 0.15) is 0 Å². The molecule has 0 saturated carbocycles. The summed E-state index contributed by atoms with van der Waals surface area (Å²) in [5.41, 5.74) is 2.44. The van der Waals surface area contributed by atoms with E-state index in [0.717, 1.165) is 19.6 Å². The van der Waals surface area contributed by atoms with Crippen molar-refractivity contribution in [1.29, 1.82) is 10.5 Å². The number of hydrogen-bond acceptors (Lipinski definition) is 11. The van der Waals surface area contributed by atoms with Gasteiger partial charge in [-0.15, -0.1) is 0 Å². The molecule has 0 N–H and O–H groups in total. The molecule has 0 atom stereocenters. The number of benzene rings is 3. The second kappa shape index (κ2) is 14.6. The first-order valence-electron chi connectivity index (χ1n) is 13.6. The number of nitrogens with zero attached hydrogens (tertiary/aromatic N) is 6. The lowest BCUT2D eigenvalue weighted by Crippen LogP contribution is -2.33. The third-order valence-corrected chi connectivity index (χ3v) is 9.51. The number of rotatable bonds is 13. The number of anilines is 1.